The van der Waals surface area contributed by atoms with Crippen molar-refractivity contribution in [2.45, 2.75) is 24.8 Å². The van der Waals surface area contributed by atoms with E-state index in [2.05, 4.69) is 15.2 Å². The summed E-state index contributed by atoms with van der Waals surface area (Å²) in [6.45, 7) is 3.79. The van der Waals surface area contributed by atoms with Crippen molar-refractivity contribution in [3.8, 4) is 11.4 Å². The predicted molar refractivity (Wildman–Crippen MR) is 99.2 cm³/mol. The zero-order valence-corrected chi connectivity index (χ0v) is 15.4. The third kappa shape index (κ3) is 2.82. The molecule has 26 heavy (non-hydrogen) atoms. The molecule has 0 atom stereocenters. The summed E-state index contributed by atoms with van der Waals surface area (Å²) < 4.78 is 8.87. The van der Waals surface area contributed by atoms with Crippen LogP contribution in [0.2, 0.25) is 0 Å². The van der Waals surface area contributed by atoms with E-state index in [0.717, 1.165) is 33.7 Å². The van der Waals surface area contributed by atoms with E-state index in [1.165, 1.54) is 11.8 Å². The molecule has 0 fully saturated rings. The maximum Gasteiger partial charge on any atom is 0.258 e. The Morgan fingerprint density at radius 3 is 2.81 bits per heavy atom. The summed E-state index contributed by atoms with van der Waals surface area (Å²) in [6.07, 6.45) is 1.64. The molecule has 0 unspecified atom stereocenters. The second-order valence-electron chi connectivity index (χ2n) is 5.99. The highest BCUT2D eigenvalue weighted by atomic mass is 32.2. The molecule has 0 aliphatic carbocycles. The average molecular weight is 367 g/mol. The van der Waals surface area contributed by atoms with E-state index in [-0.39, 0.29) is 5.56 Å². The van der Waals surface area contributed by atoms with Crippen LogP contribution in [-0.4, -0.2) is 24.1 Å². The number of fused-ring (bicyclic) bond motifs is 1. The van der Waals surface area contributed by atoms with Crippen LogP contribution in [0.25, 0.3) is 17.0 Å². The second-order valence-corrected chi connectivity index (χ2v) is 6.93. The predicted octanol–water partition coefficient (Wildman–Crippen LogP) is 2.99. The number of aryl methyl sites for hydroxylation is 2. The van der Waals surface area contributed by atoms with Crippen molar-refractivity contribution in [3.05, 3.63) is 64.1 Å². The van der Waals surface area contributed by atoms with Crippen molar-refractivity contribution < 1.29 is 4.42 Å². The van der Waals surface area contributed by atoms with E-state index in [4.69, 9.17) is 4.42 Å². The molecule has 4 heterocycles. The fourth-order valence-electron chi connectivity index (χ4n) is 2.87. The molecule has 0 saturated carbocycles. The Morgan fingerprint density at radius 2 is 2.04 bits per heavy atom. The first-order valence-corrected chi connectivity index (χ1v) is 9.08. The van der Waals surface area contributed by atoms with E-state index in [1.807, 2.05) is 49.7 Å². The molecule has 0 amide bonds. The van der Waals surface area contributed by atoms with Gasteiger partial charge in [-0.1, -0.05) is 17.8 Å². The van der Waals surface area contributed by atoms with E-state index in [1.54, 1.807) is 16.7 Å². The van der Waals surface area contributed by atoms with Gasteiger partial charge in [-0.25, -0.2) is 4.98 Å². The largest absolute Gasteiger partial charge is 0.469 e. The smallest absolute Gasteiger partial charge is 0.258 e. The quantitative estimate of drug-likeness (QED) is 0.516. The van der Waals surface area contributed by atoms with Crippen LogP contribution in [0, 0.1) is 13.8 Å². The Hall–Kier alpha value is -2.87. The first kappa shape index (κ1) is 16.6. The molecule has 0 spiro atoms. The Bertz CT molecular complexity index is 1160. The van der Waals surface area contributed by atoms with Gasteiger partial charge in [0.1, 0.15) is 11.4 Å². The molecular weight excluding hydrogens is 350 g/mol. The zero-order chi connectivity index (χ0) is 18.3. The van der Waals surface area contributed by atoms with E-state index < -0.39 is 0 Å². The third-order valence-corrected chi connectivity index (χ3v) is 5.27. The highest BCUT2D eigenvalue weighted by Gasteiger charge is 2.15. The second kappa shape index (κ2) is 6.45. The number of nitrogens with zero attached hydrogens (tertiary/aromatic N) is 5. The van der Waals surface area contributed by atoms with E-state index in [9.17, 15) is 4.79 Å². The number of furan rings is 1. The van der Waals surface area contributed by atoms with Gasteiger partial charge in [-0.15, -0.1) is 10.2 Å². The van der Waals surface area contributed by atoms with Crippen molar-refractivity contribution in [2.75, 3.05) is 0 Å². The van der Waals surface area contributed by atoms with Gasteiger partial charge >= 0.3 is 0 Å². The molecule has 0 N–H and O–H groups in total. The highest BCUT2D eigenvalue weighted by molar-refractivity contribution is 7.98. The molecular formula is C18H17N5O2S. The number of hydrogen-bond acceptors (Lipinski definition) is 6. The number of hydrogen-bond donors (Lipinski definition) is 0. The van der Waals surface area contributed by atoms with Crippen molar-refractivity contribution in [1.29, 1.82) is 0 Å². The van der Waals surface area contributed by atoms with Gasteiger partial charge in [-0.2, -0.15) is 0 Å². The van der Waals surface area contributed by atoms with E-state index in [0.29, 0.717) is 11.4 Å². The molecule has 4 aromatic rings. The van der Waals surface area contributed by atoms with Crippen molar-refractivity contribution >= 4 is 17.4 Å². The summed E-state index contributed by atoms with van der Waals surface area (Å²) in [7, 11) is 1.91. The maximum absolute atomic E-state index is 12.4. The number of pyridine rings is 1. The molecule has 0 aliphatic heterocycles. The van der Waals surface area contributed by atoms with Crippen LogP contribution in [0.4, 0.5) is 0 Å². The molecule has 0 aromatic carbocycles. The van der Waals surface area contributed by atoms with Crippen LogP contribution in [0.15, 0.2) is 51.0 Å². The highest BCUT2D eigenvalue weighted by Crippen LogP contribution is 2.27. The van der Waals surface area contributed by atoms with Gasteiger partial charge < -0.3 is 8.98 Å². The fraction of sp³-hybridized carbons (Fsp3) is 0.222. The van der Waals surface area contributed by atoms with Crippen LogP contribution < -0.4 is 5.56 Å². The van der Waals surface area contributed by atoms with Gasteiger partial charge in [0.15, 0.2) is 11.0 Å². The molecule has 0 bridgehead atoms. The van der Waals surface area contributed by atoms with Crippen LogP contribution >= 0.6 is 11.8 Å². The minimum Gasteiger partial charge on any atom is -0.469 e. The summed E-state index contributed by atoms with van der Waals surface area (Å²) in [4.78, 5) is 16.9. The van der Waals surface area contributed by atoms with Crippen LogP contribution in [-0.2, 0) is 12.8 Å². The average Bonchev–Trinajstić information content (AvgIpc) is 3.18. The summed E-state index contributed by atoms with van der Waals surface area (Å²) >= 11 is 1.49. The summed E-state index contributed by atoms with van der Waals surface area (Å²) in [5.74, 6) is 2.09. The fourth-order valence-corrected chi connectivity index (χ4v) is 3.67. The Balaban J connectivity index is 1.61. The summed E-state index contributed by atoms with van der Waals surface area (Å²) in [6, 6.07) is 9.08. The van der Waals surface area contributed by atoms with Crippen LogP contribution in [0.3, 0.4) is 0 Å². The summed E-state index contributed by atoms with van der Waals surface area (Å²) in [5, 5.41) is 9.26. The molecule has 4 aromatic heterocycles. The van der Waals surface area contributed by atoms with Crippen molar-refractivity contribution in [3.63, 3.8) is 0 Å². The van der Waals surface area contributed by atoms with Gasteiger partial charge in [-0.3, -0.25) is 9.20 Å². The number of thioether (sulfide) groups is 1. The molecule has 4 rings (SSSR count). The lowest BCUT2D eigenvalue weighted by Gasteiger charge is -2.06. The van der Waals surface area contributed by atoms with Gasteiger partial charge in [0.05, 0.1) is 17.5 Å². The first-order valence-electron chi connectivity index (χ1n) is 8.09. The maximum atomic E-state index is 12.4. The topological polar surface area (TPSA) is 78.2 Å². The van der Waals surface area contributed by atoms with Gasteiger partial charge in [0.25, 0.3) is 5.56 Å². The SMILES string of the molecule is Cc1occc1-c1nnc(SCc2cc(=O)n3c(C)cccc3n2)n1C. The summed E-state index contributed by atoms with van der Waals surface area (Å²) in [5.41, 5.74) is 3.09. The number of aromatic nitrogens is 5. The third-order valence-electron chi connectivity index (χ3n) is 4.22. The molecule has 0 aliphatic rings. The van der Waals surface area contributed by atoms with Gasteiger partial charge in [0.2, 0.25) is 0 Å². The monoisotopic (exact) mass is 367 g/mol. The number of rotatable bonds is 4. The van der Waals surface area contributed by atoms with Gasteiger partial charge in [-0.05, 0) is 32.0 Å². The lowest BCUT2D eigenvalue weighted by molar-refractivity contribution is 0.534. The Kier molecular flexibility index (Phi) is 4.12. The molecule has 0 saturated heterocycles. The lowest BCUT2D eigenvalue weighted by atomic mass is 10.2. The minimum atomic E-state index is -0.0728. The lowest BCUT2D eigenvalue weighted by Crippen LogP contribution is -2.17. The Labute approximate surface area is 153 Å². The standard InChI is InChI=1S/C18H17N5O2S/c1-11-5-4-6-15-19-13(9-16(24)23(11)15)10-26-18-21-20-17(22(18)3)14-7-8-25-12(14)2/h4-9H,10H2,1-3H3. The zero-order valence-electron chi connectivity index (χ0n) is 14.6. The van der Waals surface area contributed by atoms with Crippen molar-refractivity contribution in [1.82, 2.24) is 24.1 Å². The van der Waals surface area contributed by atoms with Crippen LogP contribution in [0.5, 0.6) is 0 Å². The molecule has 132 valence electrons. The van der Waals surface area contributed by atoms with Crippen LogP contribution in [0.1, 0.15) is 17.1 Å². The first-order chi connectivity index (χ1) is 12.5. The molecule has 7 nitrogen and oxygen atoms in total. The Morgan fingerprint density at radius 1 is 1.19 bits per heavy atom. The minimum absolute atomic E-state index is 0.0728. The normalized spacial score (nSPS) is 11.3. The molecule has 8 heteroatoms. The van der Waals surface area contributed by atoms with Gasteiger partial charge in [0, 0.05) is 24.6 Å². The van der Waals surface area contributed by atoms with E-state index >= 15 is 0 Å². The van der Waals surface area contributed by atoms with Crippen molar-refractivity contribution in [2.24, 2.45) is 7.05 Å². The molecule has 0 radical (unpaired) electrons.